The van der Waals surface area contributed by atoms with E-state index >= 15 is 0 Å². The molecule has 0 radical (unpaired) electrons. The lowest BCUT2D eigenvalue weighted by molar-refractivity contribution is -0.142. The first-order valence-electron chi connectivity index (χ1n) is 6.11. The molecule has 0 saturated carbocycles. The van der Waals surface area contributed by atoms with E-state index in [2.05, 4.69) is 5.32 Å². The molecule has 0 aliphatic heterocycles. The lowest BCUT2D eigenvalue weighted by atomic mass is 9.91. The molecule has 4 heteroatoms. The van der Waals surface area contributed by atoms with Crippen molar-refractivity contribution in [2.75, 3.05) is 6.54 Å². The van der Waals surface area contributed by atoms with Crippen LogP contribution in [0.1, 0.15) is 47.5 Å². The van der Waals surface area contributed by atoms with Crippen LogP contribution >= 0.6 is 0 Å². The number of amides is 1. The monoisotopic (exact) mass is 243 g/mol. The number of hydrogen-bond donors (Lipinski definition) is 2. The maximum atomic E-state index is 11.6. The van der Waals surface area contributed by atoms with Gasteiger partial charge in [0.2, 0.25) is 5.91 Å². The molecule has 0 bridgehead atoms. The first-order chi connectivity index (χ1) is 7.61. The Kier molecular flexibility index (Phi) is 6.21. The Morgan fingerprint density at radius 1 is 1.24 bits per heavy atom. The zero-order valence-electron chi connectivity index (χ0n) is 11.5. The van der Waals surface area contributed by atoms with Crippen LogP contribution in [0.3, 0.4) is 0 Å². The highest BCUT2D eigenvalue weighted by molar-refractivity contribution is 5.77. The highest BCUT2D eigenvalue weighted by Gasteiger charge is 2.21. The summed E-state index contributed by atoms with van der Waals surface area (Å²) in [6.07, 6.45) is 1.01. The van der Waals surface area contributed by atoms with Gasteiger partial charge in [0.15, 0.2) is 0 Å². The molecule has 1 amide bonds. The van der Waals surface area contributed by atoms with Crippen molar-refractivity contribution in [1.82, 2.24) is 5.32 Å². The van der Waals surface area contributed by atoms with Gasteiger partial charge >= 0.3 is 5.97 Å². The summed E-state index contributed by atoms with van der Waals surface area (Å²) in [5, 5.41) is 11.7. The van der Waals surface area contributed by atoms with Gasteiger partial charge in [-0.05, 0) is 17.8 Å². The summed E-state index contributed by atoms with van der Waals surface area (Å²) in [4.78, 5) is 22.5. The Morgan fingerprint density at radius 3 is 2.12 bits per heavy atom. The number of rotatable bonds is 6. The van der Waals surface area contributed by atoms with Gasteiger partial charge in [-0.25, -0.2) is 0 Å². The molecule has 4 nitrogen and oxygen atoms in total. The fraction of sp³-hybridized carbons (Fsp3) is 0.846. The Labute approximate surface area is 104 Å². The van der Waals surface area contributed by atoms with Gasteiger partial charge in [-0.15, -0.1) is 0 Å². The minimum atomic E-state index is -0.838. The van der Waals surface area contributed by atoms with Crippen molar-refractivity contribution in [2.24, 2.45) is 17.3 Å². The predicted octanol–water partition coefficient (Wildman–Crippen LogP) is 2.29. The van der Waals surface area contributed by atoms with Gasteiger partial charge in [0.05, 0.1) is 5.92 Å². The average molecular weight is 243 g/mol. The number of carbonyl (C=O) groups is 2. The number of carboxylic acids is 1. The lowest BCUT2D eigenvalue weighted by Crippen LogP contribution is -2.35. The van der Waals surface area contributed by atoms with E-state index in [-0.39, 0.29) is 17.9 Å². The molecule has 0 aliphatic rings. The fourth-order valence-electron chi connectivity index (χ4n) is 1.62. The molecule has 0 aliphatic carbocycles. The van der Waals surface area contributed by atoms with Crippen LogP contribution in [0.4, 0.5) is 0 Å². The topological polar surface area (TPSA) is 66.4 Å². The molecule has 0 fully saturated rings. The second-order valence-corrected chi connectivity index (χ2v) is 6.21. The van der Waals surface area contributed by atoms with Crippen molar-refractivity contribution < 1.29 is 14.7 Å². The molecular formula is C13H25NO3. The molecule has 1 atom stereocenters. The van der Waals surface area contributed by atoms with E-state index in [0.29, 0.717) is 18.8 Å². The van der Waals surface area contributed by atoms with E-state index in [1.165, 1.54) is 0 Å². The van der Waals surface area contributed by atoms with Crippen LogP contribution in [-0.2, 0) is 9.59 Å². The van der Waals surface area contributed by atoms with Crippen molar-refractivity contribution >= 4 is 11.9 Å². The number of carbonyl (C=O) groups excluding carboxylic acids is 1. The van der Waals surface area contributed by atoms with Crippen molar-refractivity contribution in [3.8, 4) is 0 Å². The quantitative estimate of drug-likeness (QED) is 0.752. The van der Waals surface area contributed by atoms with E-state index < -0.39 is 11.9 Å². The Hall–Kier alpha value is -1.06. The normalized spacial score (nSPS) is 13.5. The largest absolute Gasteiger partial charge is 0.481 e. The second kappa shape index (κ2) is 6.62. The minimum absolute atomic E-state index is 0.0686. The Bertz CT molecular complexity index is 266. The standard InChI is InChI=1S/C13H25NO3/c1-9(2)6-10(12(16)17)8-14-11(15)7-13(3,4)5/h9-10H,6-8H2,1-5H3,(H,14,15)(H,16,17). The summed E-state index contributed by atoms with van der Waals surface area (Å²) in [5.74, 6) is -1.09. The number of aliphatic carboxylic acids is 1. The van der Waals surface area contributed by atoms with E-state index in [0.717, 1.165) is 0 Å². The van der Waals surface area contributed by atoms with Gasteiger partial charge in [0.25, 0.3) is 0 Å². The van der Waals surface area contributed by atoms with Gasteiger partial charge in [-0.3, -0.25) is 9.59 Å². The van der Waals surface area contributed by atoms with E-state index in [9.17, 15) is 9.59 Å². The molecule has 0 spiro atoms. The zero-order chi connectivity index (χ0) is 13.6. The summed E-state index contributed by atoms with van der Waals surface area (Å²) in [6, 6.07) is 0. The van der Waals surface area contributed by atoms with Crippen molar-refractivity contribution in [3.05, 3.63) is 0 Å². The van der Waals surface area contributed by atoms with Gasteiger partial charge in [0.1, 0.15) is 0 Å². The van der Waals surface area contributed by atoms with Gasteiger partial charge < -0.3 is 10.4 Å². The van der Waals surface area contributed by atoms with Crippen LogP contribution in [0.25, 0.3) is 0 Å². The molecule has 0 aromatic carbocycles. The highest BCUT2D eigenvalue weighted by atomic mass is 16.4. The zero-order valence-corrected chi connectivity index (χ0v) is 11.5. The molecule has 0 aromatic heterocycles. The highest BCUT2D eigenvalue weighted by Crippen LogP contribution is 2.18. The number of carboxylic acid groups (broad SMARTS) is 1. The van der Waals surface area contributed by atoms with Crippen LogP contribution in [0.15, 0.2) is 0 Å². The lowest BCUT2D eigenvalue weighted by Gasteiger charge is -2.19. The maximum Gasteiger partial charge on any atom is 0.308 e. The van der Waals surface area contributed by atoms with Crippen LogP contribution in [-0.4, -0.2) is 23.5 Å². The summed E-state index contributed by atoms with van der Waals surface area (Å²) < 4.78 is 0. The smallest absolute Gasteiger partial charge is 0.308 e. The summed E-state index contributed by atoms with van der Waals surface area (Å²) in [6.45, 7) is 10.1. The SMILES string of the molecule is CC(C)CC(CNC(=O)CC(C)(C)C)C(=O)O. The minimum Gasteiger partial charge on any atom is -0.481 e. The molecule has 2 N–H and O–H groups in total. The molecule has 0 rings (SSSR count). The van der Waals surface area contributed by atoms with Gasteiger partial charge in [0, 0.05) is 13.0 Å². The summed E-state index contributed by atoms with van der Waals surface area (Å²) in [7, 11) is 0. The molecule has 17 heavy (non-hydrogen) atoms. The maximum absolute atomic E-state index is 11.6. The number of nitrogens with one attached hydrogen (secondary N) is 1. The third kappa shape index (κ3) is 8.72. The molecule has 0 aromatic rings. The summed E-state index contributed by atoms with van der Waals surface area (Å²) in [5.41, 5.74) is -0.0686. The molecular weight excluding hydrogens is 218 g/mol. The molecule has 1 unspecified atom stereocenters. The van der Waals surface area contributed by atoms with E-state index in [1.807, 2.05) is 34.6 Å². The summed E-state index contributed by atoms with van der Waals surface area (Å²) >= 11 is 0. The Balaban J connectivity index is 4.13. The van der Waals surface area contributed by atoms with Crippen molar-refractivity contribution in [2.45, 2.75) is 47.5 Å². The predicted molar refractivity (Wildman–Crippen MR) is 67.7 cm³/mol. The van der Waals surface area contributed by atoms with Crippen LogP contribution < -0.4 is 5.32 Å². The van der Waals surface area contributed by atoms with Crippen molar-refractivity contribution in [3.63, 3.8) is 0 Å². The van der Waals surface area contributed by atoms with Crippen LogP contribution in [0.2, 0.25) is 0 Å². The molecule has 100 valence electrons. The number of hydrogen-bond acceptors (Lipinski definition) is 2. The molecule has 0 saturated heterocycles. The van der Waals surface area contributed by atoms with E-state index in [1.54, 1.807) is 0 Å². The van der Waals surface area contributed by atoms with Crippen molar-refractivity contribution in [1.29, 1.82) is 0 Å². The third-order valence-corrected chi connectivity index (χ3v) is 2.34. The van der Waals surface area contributed by atoms with E-state index in [4.69, 9.17) is 5.11 Å². The van der Waals surface area contributed by atoms with Crippen LogP contribution in [0, 0.1) is 17.3 Å². The third-order valence-electron chi connectivity index (χ3n) is 2.34. The second-order valence-electron chi connectivity index (χ2n) is 6.21. The first-order valence-corrected chi connectivity index (χ1v) is 6.11. The first kappa shape index (κ1) is 15.9. The molecule has 0 heterocycles. The van der Waals surface area contributed by atoms with Gasteiger partial charge in [-0.1, -0.05) is 34.6 Å². The van der Waals surface area contributed by atoms with Crippen LogP contribution in [0.5, 0.6) is 0 Å². The van der Waals surface area contributed by atoms with Gasteiger partial charge in [-0.2, -0.15) is 0 Å². The Morgan fingerprint density at radius 2 is 1.76 bits per heavy atom. The fourth-order valence-corrected chi connectivity index (χ4v) is 1.62. The average Bonchev–Trinajstić information content (AvgIpc) is 2.08.